The van der Waals surface area contributed by atoms with Gasteiger partial charge in [0.25, 0.3) is 15.2 Å². The number of nitro groups is 1. The van der Waals surface area contributed by atoms with Gasteiger partial charge in [-0.1, -0.05) is 11.3 Å². The second kappa shape index (κ2) is 5.85. The molecular weight excluding hydrogens is 322 g/mol. The molecule has 114 valence electrons. The van der Waals surface area contributed by atoms with Crippen LogP contribution in [-0.4, -0.2) is 41.8 Å². The van der Waals surface area contributed by atoms with Crippen LogP contribution < -0.4 is 5.14 Å². The molecule has 2 N–H and O–H groups in total. The lowest BCUT2D eigenvalue weighted by molar-refractivity contribution is -0.380. The largest absolute Gasteiger partial charge is 0.383 e. The Bertz CT molecular complexity index is 765. The Morgan fingerprint density at radius 1 is 1.48 bits per heavy atom. The van der Waals surface area contributed by atoms with E-state index in [0.29, 0.717) is 4.88 Å². The van der Waals surface area contributed by atoms with Gasteiger partial charge in [0, 0.05) is 13.2 Å². The Morgan fingerprint density at radius 3 is 2.71 bits per heavy atom. The van der Waals surface area contributed by atoms with E-state index < -0.39 is 20.1 Å². The lowest BCUT2D eigenvalue weighted by Crippen LogP contribution is -2.20. The molecule has 12 heteroatoms. The average Bonchev–Trinajstić information content (AvgIpc) is 3.01. The minimum atomic E-state index is -4.06. The Morgan fingerprint density at radius 2 is 2.19 bits per heavy atom. The minimum Gasteiger partial charge on any atom is -0.383 e. The maximum absolute atomic E-state index is 11.5. The number of hydrogen-bond donors (Lipinski definition) is 1. The topological polar surface area (TPSA) is 143 Å². The third-order valence-corrected chi connectivity index (χ3v) is 4.33. The van der Waals surface area contributed by atoms with E-state index in [4.69, 9.17) is 9.88 Å². The van der Waals surface area contributed by atoms with Gasteiger partial charge >= 0.3 is 5.00 Å². The van der Waals surface area contributed by atoms with Gasteiger partial charge in [-0.2, -0.15) is 0 Å². The molecule has 0 bridgehead atoms. The highest BCUT2D eigenvalue weighted by atomic mass is 32.2. The first-order chi connectivity index (χ1) is 9.84. The maximum Gasteiger partial charge on any atom is 0.324 e. The molecular formula is C9H11N5O5S2. The highest BCUT2D eigenvalue weighted by molar-refractivity contribution is 7.89. The van der Waals surface area contributed by atoms with Crippen molar-refractivity contribution in [2.24, 2.45) is 5.14 Å². The van der Waals surface area contributed by atoms with Crippen LogP contribution in [0, 0.1) is 10.1 Å². The summed E-state index contributed by atoms with van der Waals surface area (Å²) < 4.78 is 29.1. The van der Waals surface area contributed by atoms with E-state index in [1.54, 1.807) is 0 Å². The molecule has 0 radical (unpaired) electrons. The zero-order valence-corrected chi connectivity index (χ0v) is 12.4. The van der Waals surface area contributed by atoms with Crippen LogP contribution in [0.1, 0.15) is 0 Å². The number of rotatable bonds is 6. The summed E-state index contributed by atoms with van der Waals surface area (Å²) in [6, 6.07) is 2.79. The van der Waals surface area contributed by atoms with Crippen molar-refractivity contribution in [3.63, 3.8) is 0 Å². The number of primary sulfonamides is 1. The summed E-state index contributed by atoms with van der Waals surface area (Å²) in [5.41, 5.74) is 0. The lowest BCUT2D eigenvalue weighted by Gasteiger charge is -2.07. The fourth-order valence-electron chi connectivity index (χ4n) is 1.61. The van der Waals surface area contributed by atoms with Crippen LogP contribution in [0.5, 0.6) is 0 Å². The summed E-state index contributed by atoms with van der Waals surface area (Å²) in [5.74, 6) is 0.189. The van der Waals surface area contributed by atoms with Gasteiger partial charge in [-0.05, 0) is 6.07 Å². The van der Waals surface area contributed by atoms with E-state index in [2.05, 4.69) is 10.2 Å². The Balaban J connectivity index is 2.52. The van der Waals surface area contributed by atoms with Crippen LogP contribution in [0.15, 0.2) is 17.3 Å². The third-order valence-electron chi connectivity index (χ3n) is 2.48. The number of ether oxygens (including phenoxy) is 1. The Hall–Kier alpha value is -1.89. The highest BCUT2D eigenvalue weighted by Crippen LogP contribution is 2.32. The molecule has 0 amide bonds. The van der Waals surface area contributed by atoms with Gasteiger partial charge < -0.3 is 4.74 Å². The van der Waals surface area contributed by atoms with Gasteiger partial charge in [0.2, 0.25) is 0 Å². The van der Waals surface area contributed by atoms with Gasteiger partial charge in [-0.25, -0.2) is 13.6 Å². The first kappa shape index (κ1) is 15.5. The first-order valence-corrected chi connectivity index (χ1v) is 7.90. The lowest BCUT2D eigenvalue weighted by atomic mass is 10.4. The van der Waals surface area contributed by atoms with Crippen molar-refractivity contribution in [3.05, 3.63) is 22.2 Å². The van der Waals surface area contributed by atoms with E-state index in [1.807, 2.05) is 0 Å². The smallest absolute Gasteiger partial charge is 0.324 e. The number of aromatic nitrogens is 3. The number of methoxy groups -OCH3 is 1. The molecule has 0 aliphatic carbocycles. The zero-order chi connectivity index (χ0) is 15.6. The second-order valence-corrected chi connectivity index (χ2v) is 6.41. The molecule has 2 heterocycles. The van der Waals surface area contributed by atoms with E-state index in [1.165, 1.54) is 23.8 Å². The summed E-state index contributed by atoms with van der Waals surface area (Å²) >= 11 is 0.867. The fourth-order valence-corrected chi connectivity index (χ4v) is 3.07. The van der Waals surface area contributed by atoms with Crippen molar-refractivity contribution in [2.75, 3.05) is 13.7 Å². The number of sulfonamides is 1. The Labute approximate surface area is 123 Å². The fraction of sp³-hybridized carbons (Fsp3) is 0.333. The SMILES string of the molecule is COCCn1c(-c2ccc([N+](=O)[O-])s2)nnc1S(N)(=O)=O. The standard InChI is InChI=1S/C9H11N5O5S2/c1-19-5-4-13-8(11-12-9(13)21(10,17)18)6-2-3-7(20-6)14(15)16/h2-3H,4-5H2,1H3,(H2,10,17,18). The zero-order valence-electron chi connectivity index (χ0n) is 10.8. The molecule has 2 rings (SSSR count). The van der Waals surface area contributed by atoms with Crippen molar-refractivity contribution in [1.29, 1.82) is 0 Å². The molecule has 10 nitrogen and oxygen atoms in total. The van der Waals surface area contributed by atoms with Crippen LogP contribution in [0.25, 0.3) is 10.7 Å². The molecule has 21 heavy (non-hydrogen) atoms. The molecule has 2 aromatic rings. The third kappa shape index (κ3) is 3.24. The molecule has 0 fully saturated rings. The normalized spacial score (nSPS) is 11.7. The van der Waals surface area contributed by atoms with Gasteiger partial charge in [0.15, 0.2) is 5.82 Å². The molecule has 0 atom stereocenters. The minimum absolute atomic E-state index is 0.0801. The van der Waals surface area contributed by atoms with Crippen LogP contribution in [-0.2, 0) is 21.3 Å². The van der Waals surface area contributed by atoms with Crippen LogP contribution in [0.3, 0.4) is 0 Å². The molecule has 0 aliphatic heterocycles. The number of hydrogen-bond acceptors (Lipinski definition) is 8. The van der Waals surface area contributed by atoms with Crippen LogP contribution in [0.4, 0.5) is 5.00 Å². The molecule has 0 saturated carbocycles. The molecule has 2 aromatic heterocycles. The van der Waals surface area contributed by atoms with Crippen LogP contribution in [0.2, 0.25) is 0 Å². The van der Waals surface area contributed by atoms with Crippen molar-refractivity contribution in [2.45, 2.75) is 11.7 Å². The van der Waals surface area contributed by atoms with Gasteiger partial charge in [-0.15, -0.1) is 10.2 Å². The van der Waals surface area contributed by atoms with E-state index >= 15 is 0 Å². The van der Waals surface area contributed by atoms with E-state index in [9.17, 15) is 18.5 Å². The monoisotopic (exact) mass is 333 g/mol. The van der Waals surface area contributed by atoms with Gasteiger partial charge in [-0.3, -0.25) is 14.7 Å². The number of nitrogens with zero attached hydrogens (tertiary/aromatic N) is 4. The van der Waals surface area contributed by atoms with E-state index in [-0.39, 0.29) is 24.0 Å². The molecule has 0 aromatic carbocycles. The molecule has 0 spiro atoms. The summed E-state index contributed by atoms with van der Waals surface area (Å²) in [5, 5.41) is 22.6. The summed E-state index contributed by atoms with van der Waals surface area (Å²) in [6.07, 6.45) is 0. The molecule has 0 aliphatic rings. The number of nitrogens with two attached hydrogens (primary N) is 1. The number of thiophene rings is 1. The van der Waals surface area contributed by atoms with Gasteiger partial charge in [0.05, 0.1) is 23.0 Å². The first-order valence-electron chi connectivity index (χ1n) is 5.54. The van der Waals surface area contributed by atoms with Gasteiger partial charge in [0.1, 0.15) is 0 Å². The quantitative estimate of drug-likeness (QED) is 0.587. The predicted molar refractivity (Wildman–Crippen MR) is 73.2 cm³/mol. The summed E-state index contributed by atoms with van der Waals surface area (Å²) in [7, 11) is -2.60. The van der Waals surface area contributed by atoms with Crippen LogP contribution >= 0.6 is 11.3 Å². The molecule has 0 saturated heterocycles. The van der Waals surface area contributed by atoms with Crippen molar-refractivity contribution < 1.29 is 18.1 Å². The Kier molecular flexibility index (Phi) is 4.32. The summed E-state index contributed by atoms with van der Waals surface area (Å²) in [6.45, 7) is 0.358. The average molecular weight is 333 g/mol. The predicted octanol–water partition coefficient (Wildman–Crippen LogP) is 0.209. The van der Waals surface area contributed by atoms with Crippen molar-refractivity contribution >= 4 is 26.4 Å². The molecule has 0 unspecified atom stereocenters. The van der Waals surface area contributed by atoms with Crippen molar-refractivity contribution in [1.82, 2.24) is 14.8 Å². The van der Waals surface area contributed by atoms with E-state index in [0.717, 1.165) is 11.3 Å². The maximum atomic E-state index is 11.5. The second-order valence-electron chi connectivity index (χ2n) is 3.89. The van der Waals surface area contributed by atoms with Crippen molar-refractivity contribution in [3.8, 4) is 10.7 Å². The summed E-state index contributed by atoms with van der Waals surface area (Å²) in [4.78, 5) is 10.6. The highest BCUT2D eigenvalue weighted by Gasteiger charge is 2.23.